The Morgan fingerprint density at radius 3 is 2.42 bits per heavy atom. The molecule has 0 bridgehead atoms. The monoisotopic (exact) mass is 447 g/mol. The minimum absolute atomic E-state index is 0.0654. The molecular weight excluding hydrogens is 418 g/mol. The Labute approximate surface area is 193 Å². The molecule has 3 amide bonds. The van der Waals surface area contributed by atoms with E-state index < -0.39 is 5.97 Å². The highest BCUT2D eigenvalue weighted by molar-refractivity contribution is 6.00. The molecule has 7 nitrogen and oxygen atoms in total. The summed E-state index contributed by atoms with van der Waals surface area (Å²) in [6.45, 7) is 2.78. The van der Waals surface area contributed by atoms with E-state index in [0.29, 0.717) is 18.7 Å². The predicted octanol–water partition coefficient (Wildman–Crippen LogP) is 5.42. The molecule has 0 atom stereocenters. The summed E-state index contributed by atoms with van der Waals surface area (Å²) >= 11 is 0. The Balaban J connectivity index is 1.56. The molecule has 0 saturated heterocycles. The van der Waals surface area contributed by atoms with Crippen molar-refractivity contribution in [2.75, 3.05) is 17.2 Å². The van der Waals surface area contributed by atoms with Crippen molar-refractivity contribution in [3.8, 4) is 0 Å². The van der Waals surface area contributed by atoms with E-state index in [-0.39, 0.29) is 23.9 Å². The van der Waals surface area contributed by atoms with Gasteiger partial charge in [0.15, 0.2) is 0 Å². The molecule has 0 aliphatic carbocycles. The number of unbranched alkanes of at least 4 members (excludes halogenated alkanes) is 2. The highest BCUT2D eigenvalue weighted by Gasteiger charge is 2.12. The largest absolute Gasteiger partial charge is 0.478 e. The molecule has 33 heavy (non-hydrogen) atoms. The Morgan fingerprint density at radius 1 is 0.879 bits per heavy atom. The van der Waals surface area contributed by atoms with E-state index in [9.17, 15) is 19.5 Å². The van der Waals surface area contributed by atoms with E-state index in [1.807, 2.05) is 36.4 Å². The van der Waals surface area contributed by atoms with Crippen molar-refractivity contribution in [2.45, 2.75) is 39.0 Å². The second-order valence-electron chi connectivity index (χ2n) is 7.88. The molecule has 4 N–H and O–H groups in total. The number of aryl methyl sites for hydroxylation is 1. The smallest absolute Gasteiger partial charge is 0.337 e. The third kappa shape index (κ3) is 7.07. The zero-order valence-electron chi connectivity index (χ0n) is 18.7. The first-order chi connectivity index (χ1) is 16.0. The van der Waals surface area contributed by atoms with Crippen molar-refractivity contribution < 1.29 is 19.5 Å². The Hall–Kier alpha value is -3.87. The van der Waals surface area contributed by atoms with Gasteiger partial charge in [-0.05, 0) is 53.4 Å². The molecule has 0 unspecified atom stereocenters. The fourth-order valence-corrected chi connectivity index (χ4v) is 3.53. The lowest BCUT2D eigenvalue weighted by molar-refractivity contribution is -0.116. The summed E-state index contributed by atoms with van der Waals surface area (Å²) in [4.78, 5) is 35.6. The number of hydrogen-bond donors (Lipinski definition) is 4. The summed E-state index contributed by atoms with van der Waals surface area (Å²) in [7, 11) is 0. The van der Waals surface area contributed by atoms with Crippen LogP contribution in [0.4, 0.5) is 16.2 Å². The summed E-state index contributed by atoms with van der Waals surface area (Å²) in [6, 6.07) is 17.8. The summed E-state index contributed by atoms with van der Waals surface area (Å²) in [6.07, 6.45) is 3.93. The van der Waals surface area contributed by atoms with Gasteiger partial charge >= 0.3 is 12.0 Å². The van der Waals surface area contributed by atoms with E-state index in [1.165, 1.54) is 6.07 Å². The number of aromatic carboxylic acids is 1. The van der Waals surface area contributed by atoms with Gasteiger partial charge in [0, 0.05) is 18.7 Å². The van der Waals surface area contributed by atoms with Gasteiger partial charge in [-0.25, -0.2) is 9.59 Å². The Morgan fingerprint density at radius 2 is 1.64 bits per heavy atom. The van der Waals surface area contributed by atoms with Crippen LogP contribution >= 0.6 is 0 Å². The molecule has 0 fully saturated rings. The first-order valence-corrected chi connectivity index (χ1v) is 11.2. The van der Waals surface area contributed by atoms with Gasteiger partial charge in [-0.3, -0.25) is 4.79 Å². The van der Waals surface area contributed by atoms with Crippen molar-refractivity contribution in [1.82, 2.24) is 5.32 Å². The molecule has 0 saturated carbocycles. The number of carboxylic acid groups (broad SMARTS) is 1. The van der Waals surface area contributed by atoms with Crippen LogP contribution in [-0.2, 0) is 11.2 Å². The number of anilines is 2. The fourth-order valence-electron chi connectivity index (χ4n) is 3.53. The summed E-state index contributed by atoms with van der Waals surface area (Å²) in [5, 5.41) is 19.6. The van der Waals surface area contributed by atoms with Crippen molar-refractivity contribution >= 4 is 40.1 Å². The number of urea groups is 1. The van der Waals surface area contributed by atoms with E-state index in [1.54, 1.807) is 18.2 Å². The predicted molar refractivity (Wildman–Crippen MR) is 131 cm³/mol. The van der Waals surface area contributed by atoms with Gasteiger partial charge in [-0.2, -0.15) is 0 Å². The van der Waals surface area contributed by atoms with Crippen molar-refractivity contribution in [1.29, 1.82) is 0 Å². The fraction of sp³-hybridized carbons (Fsp3) is 0.269. The van der Waals surface area contributed by atoms with Crippen LogP contribution < -0.4 is 16.0 Å². The van der Waals surface area contributed by atoms with Crippen molar-refractivity contribution in [3.05, 3.63) is 71.8 Å². The van der Waals surface area contributed by atoms with Gasteiger partial charge in [0.05, 0.1) is 11.3 Å². The zero-order chi connectivity index (χ0) is 23.6. The molecular formula is C26H29N3O4. The zero-order valence-corrected chi connectivity index (χ0v) is 18.7. The maximum Gasteiger partial charge on any atom is 0.337 e. The van der Waals surface area contributed by atoms with Gasteiger partial charge < -0.3 is 21.1 Å². The summed E-state index contributed by atoms with van der Waals surface area (Å²) < 4.78 is 0. The highest BCUT2D eigenvalue weighted by atomic mass is 16.4. The molecule has 3 aromatic rings. The number of fused-ring (bicyclic) bond motifs is 1. The van der Waals surface area contributed by atoms with Gasteiger partial charge in [0.25, 0.3) is 0 Å². The van der Waals surface area contributed by atoms with Crippen LogP contribution in [0.15, 0.2) is 60.7 Å². The van der Waals surface area contributed by atoms with Crippen LogP contribution in [0.1, 0.15) is 48.5 Å². The molecule has 0 aromatic heterocycles. The lowest BCUT2D eigenvalue weighted by Crippen LogP contribution is -2.29. The van der Waals surface area contributed by atoms with E-state index in [0.717, 1.165) is 41.3 Å². The number of amides is 3. The molecule has 0 spiro atoms. The summed E-state index contributed by atoms with van der Waals surface area (Å²) in [5.74, 6) is -1.32. The number of hydrogen-bond acceptors (Lipinski definition) is 3. The van der Waals surface area contributed by atoms with Crippen LogP contribution in [-0.4, -0.2) is 29.6 Å². The number of para-hydroxylation sites is 1. The number of benzene rings is 3. The van der Waals surface area contributed by atoms with Crippen molar-refractivity contribution in [2.24, 2.45) is 0 Å². The number of nitrogens with one attached hydrogen (secondary N) is 3. The van der Waals surface area contributed by atoms with Crippen molar-refractivity contribution in [3.63, 3.8) is 0 Å². The second-order valence-corrected chi connectivity index (χ2v) is 7.88. The third-order valence-corrected chi connectivity index (χ3v) is 5.30. The second kappa shape index (κ2) is 11.7. The molecule has 0 aliphatic heterocycles. The lowest BCUT2D eigenvalue weighted by atomic mass is 10.0. The average molecular weight is 448 g/mol. The van der Waals surface area contributed by atoms with Crippen LogP contribution in [0.3, 0.4) is 0 Å². The molecule has 0 aliphatic rings. The number of rotatable bonds is 10. The SMILES string of the molecule is CCCCCNC(=O)Nc1ccc2cc(CCC(=O)Nc3ccccc3C(=O)O)ccc2c1. The average Bonchev–Trinajstić information content (AvgIpc) is 2.80. The van der Waals surface area contributed by atoms with Crippen LogP contribution in [0, 0.1) is 0 Å². The third-order valence-electron chi connectivity index (χ3n) is 5.30. The Bertz CT molecular complexity index is 1140. The quantitative estimate of drug-likeness (QED) is 0.311. The van der Waals surface area contributed by atoms with Crippen LogP contribution in [0.2, 0.25) is 0 Å². The molecule has 3 aromatic carbocycles. The van der Waals surface area contributed by atoms with Crippen LogP contribution in [0.5, 0.6) is 0 Å². The molecule has 0 radical (unpaired) electrons. The maximum atomic E-state index is 12.3. The van der Waals surface area contributed by atoms with E-state index >= 15 is 0 Å². The van der Waals surface area contributed by atoms with E-state index in [4.69, 9.17) is 0 Å². The van der Waals surface area contributed by atoms with E-state index in [2.05, 4.69) is 22.9 Å². The van der Waals surface area contributed by atoms with Gasteiger partial charge in [-0.15, -0.1) is 0 Å². The lowest BCUT2D eigenvalue weighted by Gasteiger charge is -2.10. The normalized spacial score (nSPS) is 10.6. The number of carboxylic acids is 1. The number of carbonyl (C=O) groups is 3. The van der Waals surface area contributed by atoms with Gasteiger partial charge in [0.1, 0.15) is 0 Å². The highest BCUT2D eigenvalue weighted by Crippen LogP contribution is 2.22. The molecule has 0 heterocycles. The maximum absolute atomic E-state index is 12.3. The molecule has 7 heteroatoms. The first kappa shape index (κ1) is 23.8. The van der Waals surface area contributed by atoms with Crippen LogP contribution in [0.25, 0.3) is 10.8 Å². The standard InChI is InChI=1S/C26H29N3O4/c1-2-3-6-15-27-26(33)28-21-13-12-19-16-18(9-11-20(19)17-21)10-14-24(30)29-23-8-5-4-7-22(23)25(31)32/h4-5,7-9,11-13,16-17H,2-3,6,10,14-15H2,1H3,(H,29,30)(H,31,32)(H2,27,28,33). The Kier molecular flexibility index (Phi) is 8.41. The molecule has 172 valence electrons. The minimum atomic E-state index is -1.08. The summed E-state index contributed by atoms with van der Waals surface area (Å²) in [5.41, 5.74) is 2.08. The first-order valence-electron chi connectivity index (χ1n) is 11.2. The minimum Gasteiger partial charge on any atom is -0.478 e. The molecule has 3 rings (SSSR count). The number of carbonyl (C=O) groups excluding carboxylic acids is 2. The van der Waals surface area contributed by atoms with Gasteiger partial charge in [-0.1, -0.05) is 56.2 Å². The van der Waals surface area contributed by atoms with Gasteiger partial charge in [0.2, 0.25) is 5.91 Å². The topological polar surface area (TPSA) is 108 Å².